The number of aliphatic carboxylic acids is 1. The van der Waals surface area contributed by atoms with E-state index in [2.05, 4.69) is 21.2 Å². The first-order valence-electron chi connectivity index (χ1n) is 7.41. The molecule has 22 heavy (non-hydrogen) atoms. The first kappa shape index (κ1) is 19.0. The fourth-order valence-corrected chi connectivity index (χ4v) is 2.69. The van der Waals surface area contributed by atoms with Crippen molar-refractivity contribution in [2.24, 2.45) is 0 Å². The number of hydrogen-bond donors (Lipinski definition) is 2. The Labute approximate surface area is 144 Å². The van der Waals surface area contributed by atoms with E-state index in [1.54, 1.807) is 6.07 Å². The van der Waals surface area contributed by atoms with Gasteiger partial charge in [0.2, 0.25) is 5.91 Å². The Bertz CT molecular complexity index is 508. The zero-order chi connectivity index (χ0) is 16.4. The minimum Gasteiger partial charge on any atom is -0.481 e. The normalized spacial score (nSPS) is 10.5. The minimum absolute atomic E-state index is 0.0254. The third-order valence-electron chi connectivity index (χ3n) is 3.27. The van der Waals surface area contributed by atoms with E-state index in [1.807, 2.05) is 12.1 Å². The van der Waals surface area contributed by atoms with Gasteiger partial charge in [0.05, 0.1) is 0 Å². The van der Waals surface area contributed by atoms with Crippen LogP contribution < -0.4 is 5.32 Å². The van der Waals surface area contributed by atoms with Crippen LogP contribution in [0.15, 0.2) is 22.7 Å². The van der Waals surface area contributed by atoms with E-state index in [4.69, 9.17) is 16.7 Å². The van der Waals surface area contributed by atoms with Gasteiger partial charge in [-0.25, -0.2) is 0 Å². The van der Waals surface area contributed by atoms with Crippen LogP contribution in [0.1, 0.15) is 44.1 Å². The summed E-state index contributed by atoms with van der Waals surface area (Å²) in [4.78, 5) is 22.1. The van der Waals surface area contributed by atoms with Crippen molar-refractivity contribution < 1.29 is 14.7 Å². The number of carbonyl (C=O) groups excluding carboxylic acids is 1. The molecule has 0 spiro atoms. The monoisotopic (exact) mass is 389 g/mol. The molecule has 0 aliphatic heterocycles. The van der Waals surface area contributed by atoms with E-state index in [9.17, 15) is 9.59 Å². The third-order valence-corrected chi connectivity index (χ3v) is 4.28. The number of hydrogen-bond acceptors (Lipinski definition) is 2. The predicted molar refractivity (Wildman–Crippen MR) is 91.2 cm³/mol. The molecule has 6 heteroatoms. The van der Waals surface area contributed by atoms with Gasteiger partial charge < -0.3 is 10.4 Å². The Morgan fingerprint density at radius 1 is 1.14 bits per heavy atom. The average Bonchev–Trinajstić information content (AvgIpc) is 2.47. The topological polar surface area (TPSA) is 66.4 Å². The highest BCUT2D eigenvalue weighted by molar-refractivity contribution is 9.10. The lowest BCUT2D eigenvalue weighted by Crippen LogP contribution is -2.24. The lowest BCUT2D eigenvalue weighted by atomic mass is 10.1. The number of halogens is 2. The first-order chi connectivity index (χ1) is 10.5. The number of carbonyl (C=O) groups is 2. The molecular weight excluding hydrogens is 370 g/mol. The van der Waals surface area contributed by atoms with E-state index in [0.717, 1.165) is 29.3 Å². The van der Waals surface area contributed by atoms with Crippen molar-refractivity contribution in [1.29, 1.82) is 0 Å². The van der Waals surface area contributed by atoms with Crippen molar-refractivity contribution in [3.05, 3.63) is 33.3 Å². The lowest BCUT2D eigenvalue weighted by molar-refractivity contribution is -0.137. The highest BCUT2D eigenvalue weighted by atomic mass is 79.9. The second-order valence-corrected chi connectivity index (χ2v) is 6.43. The minimum atomic E-state index is -0.750. The summed E-state index contributed by atoms with van der Waals surface area (Å²) in [5.41, 5.74) is 1.02. The maximum absolute atomic E-state index is 11.8. The molecule has 0 fully saturated rings. The smallest absolute Gasteiger partial charge is 0.303 e. The molecule has 0 heterocycles. The standard InChI is InChI=1S/C16H21BrClNO3/c17-14-8-7-13(18)11-12(14)6-9-15(20)19-10-4-2-1-3-5-16(21)22/h7-8,11H,1-6,9-10H2,(H,19,20)(H,21,22). The fourth-order valence-electron chi connectivity index (χ4n) is 2.05. The molecule has 0 unspecified atom stereocenters. The molecule has 2 N–H and O–H groups in total. The summed E-state index contributed by atoms with van der Waals surface area (Å²) in [5, 5.41) is 12.1. The number of aryl methyl sites for hydroxylation is 1. The molecular formula is C16H21BrClNO3. The van der Waals surface area contributed by atoms with Crippen LogP contribution in [0.2, 0.25) is 5.02 Å². The van der Waals surface area contributed by atoms with Crippen LogP contribution in [0.25, 0.3) is 0 Å². The molecule has 0 atom stereocenters. The number of carboxylic acid groups (broad SMARTS) is 1. The fraction of sp³-hybridized carbons (Fsp3) is 0.500. The maximum atomic E-state index is 11.8. The Morgan fingerprint density at radius 3 is 2.59 bits per heavy atom. The number of unbranched alkanes of at least 4 members (excludes halogenated alkanes) is 3. The van der Waals surface area contributed by atoms with Gasteiger partial charge in [-0.1, -0.05) is 40.4 Å². The van der Waals surface area contributed by atoms with Crippen LogP contribution in [-0.4, -0.2) is 23.5 Å². The molecule has 0 aliphatic rings. The lowest BCUT2D eigenvalue weighted by Gasteiger charge is -2.07. The quantitative estimate of drug-likeness (QED) is 0.589. The van der Waals surface area contributed by atoms with Crippen LogP contribution in [0.3, 0.4) is 0 Å². The van der Waals surface area contributed by atoms with E-state index < -0.39 is 5.97 Å². The largest absolute Gasteiger partial charge is 0.481 e. The highest BCUT2D eigenvalue weighted by Crippen LogP contribution is 2.22. The molecule has 1 rings (SSSR count). The third kappa shape index (κ3) is 8.39. The van der Waals surface area contributed by atoms with Gasteiger partial charge in [-0.15, -0.1) is 0 Å². The highest BCUT2D eigenvalue weighted by Gasteiger charge is 2.05. The first-order valence-corrected chi connectivity index (χ1v) is 8.58. The maximum Gasteiger partial charge on any atom is 0.303 e. The van der Waals surface area contributed by atoms with Crippen molar-refractivity contribution in [3.63, 3.8) is 0 Å². The number of nitrogens with one attached hydrogen (secondary N) is 1. The van der Waals surface area contributed by atoms with Crippen LogP contribution in [0.4, 0.5) is 0 Å². The molecule has 0 aromatic heterocycles. The Kier molecular flexibility index (Phi) is 9.16. The summed E-state index contributed by atoms with van der Waals surface area (Å²) < 4.78 is 0.961. The summed E-state index contributed by atoms with van der Waals surface area (Å²) in [6.07, 6.45) is 4.70. The van der Waals surface area contributed by atoms with Gasteiger partial charge in [-0.3, -0.25) is 9.59 Å². The van der Waals surface area contributed by atoms with Gasteiger partial charge >= 0.3 is 5.97 Å². The molecule has 1 aromatic rings. The van der Waals surface area contributed by atoms with E-state index in [0.29, 0.717) is 30.8 Å². The summed E-state index contributed by atoms with van der Waals surface area (Å²) in [6, 6.07) is 5.55. The van der Waals surface area contributed by atoms with Crippen LogP contribution in [0, 0.1) is 0 Å². The molecule has 0 saturated heterocycles. The van der Waals surface area contributed by atoms with Crippen molar-refractivity contribution in [3.8, 4) is 0 Å². The van der Waals surface area contributed by atoms with E-state index in [-0.39, 0.29) is 12.3 Å². The number of carboxylic acids is 1. The van der Waals surface area contributed by atoms with Crippen LogP contribution in [-0.2, 0) is 16.0 Å². The summed E-state index contributed by atoms with van der Waals surface area (Å²) >= 11 is 9.38. The van der Waals surface area contributed by atoms with Crippen molar-refractivity contribution in [2.75, 3.05) is 6.54 Å². The molecule has 1 aromatic carbocycles. The number of benzene rings is 1. The van der Waals surface area contributed by atoms with E-state index >= 15 is 0 Å². The summed E-state index contributed by atoms with van der Waals surface area (Å²) in [6.45, 7) is 0.641. The second-order valence-electron chi connectivity index (χ2n) is 5.14. The van der Waals surface area contributed by atoms with Gasteiger partial charge in [0.1, 0.15) is 0 Å². The molecule has 0 bridgehead atoms. The van der Waals surface area contributed by atoms with Crippen molar-refractivity contribution in [1.82, 2.24) is 5.32 Å². The molecule has 122 valence electrons. The number of rotatable bonds is 10. The van der Waals surface area contributed by atoms with Crippen molar-refractivity contribution >= 4 is 39.4 Å². The van der Waals surface area contributed by atoms with Crippen LogP contribution >= 0.6 is 27.5 Å². The number of amides is 1. The Morgan fingerprint density at radius 2 is 1.86 bits per heavy atom. The summed E-state index contributed by atoms with van der Waals surface area (Å²) in [7, 11) is 0. The van der Waals surface area contributed by atoms with Crippen LogP contribution in [0.5, 0.6) is 0 Å². The average molecular weight is 391 g/mol. The zero-order valence-electron chi connectivity index (χ0n) is 12.4. The van der Waals surface area contributed by atoms with Gasteiger partial charge in [-0.05, 0) is 43.0 Å². The van der Waals surface area contributed by atoms with Gasteiger partial charge in [-0.2, -0.15) is 0 Å². The predicted octanol–water partition coefficient (Wildman–Crippen LogP) is 4.19. The molecule has 0 aliphatic carbocycles. The second kappa shape index (κ2) is 10.6. The van der Waals surface area contributed by atoms with Gasteiger partial charge in [0, 0.05) is 28.9 Å². The Hall–Kier alpha value is -1.07. The molecule has 4 nitrogen and oxygen atoms in total. The van der Waals surface area contributed by atoms with Gasteiger partial charge in [0.25, 0.3) is 0 Å². The Balaban J connectivity index is 2.11. The zero-order valence-corrected chi connectivity index (χ0v) is 14.8. The van der Waals surface area contributed by atoms with Crippen molar-refractivity contribution in [2.45, 2.75) is 44.9 Å². The summed E-state index contributed by atoms with van der Waals surface area (Å²) in [5.74, 6) is -0.724. The SMILES string of the molecule is O=C(O)CCCCCCNC(=O)CCc1cc(Cl)ccc1Br. The van der Waals surface area contributed by atoms with Gasteiger partial charge in [0.15, 0.2) is 0 Å². The molecule has 0 saturated carbocycles. The molecule has 1 amide bonds. The molecule has 0 radical (unpaired) electrons. The van der Waals surface area contributed by atoms with E-state index in [1.165, 1.54) is 0 Å².